The van der Waals surface area contributed by atoms with Gasteiger partial charge in [-0.2, -0.15) is 0 Å². The number of hydrogen-bond donors (Lipinski definition) is 0. The molecule has 0 bridgehead atoms. The van der Waals surface area contributed by atoms with Gasteiger partial charge in [0, 0.05) is 0 Å². The Morgan fingerprint density at radius 1 is 1.33 bits per heavy atom. The van der Waals surface area contributed by atoms with E-state index in [1.807, 2.05) is 20.0 Å². The van der Waals surface area contributed by atoms with Gasteiger partial charge in [-0.1, -0.05) is 0 Å². The molecule has 3 heteroatoms. The van der Waals surface area contributed by atoms with Crippen LogP contribution in [0, 0.1) is 0 Å². The molecule has 0 rings (SSSR count). The molecule has 6 heavy (non-hydrogen) atoms. The van der Waals surface area contributed by atoms with Gasteiger partial charge in [0.15, 0.2) is 0 Å². The van der Waals surface area contributed by atoms with Crippen molar-refractivity contribution >= 4 is 13.3 Å². The van der Waals surface area contributed by atoms with E-state index in [1.165, 1.54) is 0 Å². The maximum absolute atomic E-state index is 2.38. The summed E-state index contributed by atoms with van der Waals surface area (Å²) < 4.78 is 0. The van der Waals surface area contributed by atoms with Crippen molar-refractivity contribution in [3.8, 4) is 0 Å². The third-order valence-corrected chi connectivity index (χ3v) is 16.0. The van der Waals surface area contributed by atoms with Crippen molar-refractivity contribution in [3.63, 3.8) is 0 Å². The van der Waals surface area contributed by atoms with E-state index in [4.69, 9.17) is 0 Å². The van der Waals surface area contributed by atoms with Gasteiger partial charge >= 0.3 is 53.0 Å². The van der Waals surface area contributed by atoms with E-state index in [-0.39, 0.29) is 0 Å². The van der Waals surface area contributed by atoms with Gasteiger partial charge in [-0.05, 0) is 0 Å². The van der Waals surface area contributed by atoms with E-state index in [0.717, 1.165) is 0 Å². The first-order valence-electron chi connectivity index (χ1n) is 1.92. The Balaban J connectivity index is 3.45. The fraction of sp³-hybridized carbons (Fsp3) is 1.00. The Hall–Kier alpha value is 1.26. The predicted molar refractivity (Wildman–Crippen MR) is 30.3 cm³/mol. The first kappa shape index (κ1) is 7.26. The molecule has 0 N–H and O–H groups in total. The topological polar surface area (TPSA) is 0 Å². The second kappa shape index (κ2) is 2.54. The Bertz CT molecular complexity index is 56.3. The van der Waals surface area contributed by atoms with Crippen LogP contribution in [0.25, 0.3) is 0 Å². The van der Waals surface area contributed by atoms with Gasteiger partial charge in [-0.15, -0.1) is 0 Å². The van der Waals surface area contributed by atoms with Gasteiger partial charge in [0.1, 0.15) is 0 Å². The summed E-state index contributed by atoms with van der Waals surface area (Å²) in [6.45, 7) is 7.15. The van der Waals surface area contributed by atoms with E-state index >= 15 is 0 Å². The van der Waals surface area contributed by atoms with Gasteiger partial charge < -0.3 is 0 Å². The molecule has 0 atom stereocenters. The van der Waals surface area contributed by atoms with Crippen LogP contribution in [0.5, 0.6) is 0 Å². The van der Waals surface area contributed by atoms with Gasteiger partial charge in [0.25, 0.3) is 0 Å². The summed E-state index contributed by atoms with van der Waals surface area (Å²) >= 11 is 1.93. The average Bonchev–Trinajstić information content (AvgIpc) is 1.35. The first-order valence-corrected chi connectivity index (χ1v) is 10.1. The van der Waals surface area contributed by atoms with E-state index in [2.05, 4.69) is 19.6 Å². The quantitative estimate of drug-likeness (QED) is 0.446. The molecule has 0 saturated heterocycles. The standard InChI is InChI=1S/C3H9PSi.Nb/c1-5(2,3)4;/h1-3H3;. The molecule has 0 saturated carbocycles. The van der Waals surface area contributed by atoms with Crippen LogP contribution in [0.15, 0.2) is 0 Å². The van der Waals surface area contributed by atoms with Crippen molar-refractivity contribution in [2.24, 2.45) is 0 Å². The molecule has 0 aromatic heterocycles. The van der Waals surface area contributed by atoms with E-state index in [1.54, 1.807) is 5.56 Å². The zero-order valence-corrected chi connectivity index (χ0v) is 8.49. The molecule has 0 unspecified atom stereocenters. The van der Waals surface area contributed by atoms with E-state index < -0.39 is 7.74 Å². The molecular formula is C3H9NbPSi. The molecule has 0 aromatic rings. The first-order chi connectivity index (χ1) is 2.56. The number of rotatable bonds is 1. The summed E-state index contributed by atoms with van der Waals surface area (Å²) in [7, 11) is -0.637. The normalized spacial score (nSPS) is 12.3. The molecule has 0 aliphatic carbocycles. The Morgan fingerprint density at radius 3 is 1.50 bits per heavy atom. The van der Waals surface area contributed by atoms with Crippen molar-refractivity contribution in [1.29, 1.82) is 0 Å². The van der Waals surface area contributed by atoms with Crippen molar-refractivity contribution in [2.45, 2.75) is 19.6 Å². The fourth-order valence-corrected chi connectivity index (χ4v) is 0. The van der Waals surface area contributed by atoms with Crippen LogP contribution >= 0.6 is 5.56 Å². The Labute approximate surface area is 53.1 Å². The zero-order chi connectivity index (χ0) is 5.21. The predicted octanol–water partition coefficient (Wildman–Crippen LogP) is 2.23. The Morgan fingerprint density at radius 2 is 1.50 bits per heavy atom. The SMILES string of the molecule is C[Si](C)(C)[P]=[Nb]. The average molecular weight is 197 g/mol. The van der Waals surface area contributed by atoms with Crippen LogP contribution in [-0.2, 0) is 20.0 Å². The third-order valence-electron chi connectivity index (χ3n) is 0.300. The second-order valence-electron chi connectivity index (χ2n) is 2.27. The van der Waals surface area contributed by atoms with Crippen molar-refractivity contribution in [3.05, 3.63) is 0 Å². The summed E-state index contributed by atoms with van der Waals surface area (Å²) in [6, 6.07) is 0. The summed E-state index contributed by atoms with van der Waals surface area (Å²) in [4.78, 5) is 0. The van der Waals surface area contributed by atoms with Crippen molar-refractivity contribution in [2.75, 3.05) is 0 Å². The van der Waals surface area contributed by atoms with Crippen molar-refractivity contribution < 1.29 is 20.0 Å². The van der Waals surface area contributed by atoms with Crippen LogP contribution in [-0.4, -0.2) is 7.74 Å². The maximum atomic E-state index is 2.38. The monoisotopic (exact) mass is 197 g/mol. The molecule has 0 aliphatic heterocycles. The number of hydrogen-bond acceptors (Lipinski definition) is 0. The minimum absolute atomic E-state index is 0.637. The summed E-state index contributed by atoms with van der Waals surface area (Å²) in [5.41, 5.74) is 1.66. The summed E-state index contributed by atoms with van der Waals surface area (Å²) in [5, 5.41) is 0. The fourth-order valence-electron chi connectivity index (χ4n) is 0. The zero-order valence-electron chi connectivity index (χ0n) is 4.39. The van der Waals surface area contributed by atoms with Gasteiger partial charge in [-0.3, -0.25) is 0 Å². The molecule has 0 radical (unpaired) electrons. The summed E-state index contributed by atoms with van der Waals surface area (Å²) in [5.74, 6) is 0. The molecule has 0 heterocycles. The van der Waals surface area contributed by atoms with E-state index in [9.17, 15) is 0 Å². The molecule has 35 valence electrons. The summed E-state index contributed by atoms with van der Waals surface area (Å²) in [6.07, 6.45) is 0. The second-order valence-corrected chi connectivity index (χ2v) is 15.9. The van der Waals surface area contributed by atoms with Gasteiger partial charge in [0.05, 0.1) is 0 Å². The van der Waals surface area contributed by atoms with Crippen LogP contribution in [0.3, 0.4) is 0 Å². The molecule has 0 nitrogen and oxygen atoms in total. The van der Waals surface area contributed by atoms with Gasteiger partial charge in [-0.25, -0.2) is 0 Å². The molecule has 0 aliphatic rings. The van der Waals surface area contributed by atoms with Crippen LogP contribution in [0.2, 0.25) is 19.6 Å². The molecule has 0 amide bonds. The van der Waals surface area contributed by atoms with Crippen LogP contribution in [0.1, 0.15) is 0 Å². The van der Waals surface area contributed by atoms with Gasteiger partial charge in [0.2, 0.25) is 0 Å². The van der Waals surface area contributed by atoms with Crippen LogP contribution in [0.4, 0.5) is 0 Å². The molecular weight excluding hydrogens is 188 g/mol. The Kier molecular flexibility index (Phi) is 3.07. The molecule has 0 fully saturated rings. The van der Waals surface area contributed by atoms with E-state index in [0.29, 0.717) is 0 Å². The molecule has 0 spiro atoms. The minimum atomic E-state index is -0.637. The third kappa shape index (κ3) is 5.26. The van der Waals surface area contributed by atoms with Crippen molar-refractivity contribution in [1.82, 2.24) is 0 Å². The molecule has 0 aromatic carbocycles. The van der Waals surface area contributed by atoms with Crippen LogP contribution < -0.4 is 0 Å².